The fourth-order valence-electron chi connectivity index (χ4n) is 2.47. The van der Waals surface area contributed by atoms with Crippen LogP contribution in [0.2, 0.25) is 0 Å². The maximum atomic E-state index is 12.2. The largest absolute Gasteiger partial charge is 0.497 e. The Balaban J connectivity index is 1.50. The van der Waals surface area contributed by atoms with E-state index in [-0.39, 0.29) is 12.0 Å². The Morgan fingerprint density at radius 2 is 2.08 bits per heavy atom. The molecule has 0 N–H and O–H groups in total. The molecule has 1 aliphatic heterocycles. The molecule has 1 fully saturated rings. The Kier molecular flexibility index (Phi) is 4.62. The third kappa shape index (κ3) is 3.46. The molecule has 1 aromatic carbocycles. The maximum absolute atomic E-state index is 12.2. The second-order valence-electron chi connectivity index (χ2n) is 5.53. The van der Waals surface area contributed by atoms with E-state index in [9.17, 15) is 4.79 Å². The van der Waals surface area contributed by atoms with E-state index in [2.05, 4.69) is 4.98 Å². The van der Waals surface area contributed by atoms with Crippen LogP contribution in [0.4, 0.5) is 0 Å². The van der Waals surface area contributed by atoms with Crippen LogP contribution in [0.5, 0.6) is 11.6 Å². The average molecular weight is 323 g/mol. The van der Waals surface area contributed by atoms with Gasteiger partial charge >= 0.3 is 0 Å². The highest BCUT2D eigenvalue weighted by Crippen LogP contribution is 2.20. The van der Waals surface area contributed by atoms with Crippen molar-refractivity contribution in [2.24, 2.45) is 0 Å². The van der Waals surface area contributed by atoms with Crippen LogP contribution in [0.15, 0.2) is 42.6 Å². The van der Waals surface area contributed by atoms with E-state index >= 15 is 0 Å². The van der Waals surface area contributed by atoms with E-state index in [0.29, 0.717) is 31.0 Å². The van der Waals surface area contributed by atoms with Crippen molar-refractivity contribution in [3.8, 4) is 17.7 Å². The third-order valence-electron chi connectivity index (χ3n) is 3.89. The van der Waals surface area contributed by atoms with Gasteiger partial charge in [-0.15, -0.1) is 0 Å². The van der Waals surface area contributed by atoms with Gasteiger partial charge in [0.25, 0.3) is 0 Å². The van der Waals surface area contributed by atoms with Gasteiger partial charge in [-0.25, -0.2) is 4.98 Å². The average Bonchev–Trinajstić information content (AvgIpc) is 2.58. The Labute approximate surface area is 140 Å². The first-order valence-electron chi connectivity index (χ1n) is 7.62. The molecule has 1 aliphatic rings. The summed E-state index contributed by atoms with van der Waals surface area (Å²) in [6, 6.07) is 12.9. The van der Waals surface area contributed by atoms with E-state index in [1.807, 2.05) is 30.3 Å². The van der Waals surface area contributed by atoms with Crippen molar-refractivity contribution in [2.45, 2.75) is 12.5 Å². The van der Waals surface area contributed by atoms with Crippen LogP contribution in [-0.2, 0) is 11.2 Å². The van der Waals surface area contributed by atoms with Crippen LogP contribution in [0.3, 0.4) is 0 Å². The van der Waals surface area contributed by atoms with Crippen molar-refractivity contribution < 1.29 is 14.3 Å². The van der Waals surface area contributed by atoms with Gasteiger partial charge in [-0.1, -0.05) is 12.1 Å². The van der Waals surface area contributed by atoms with Crippen LogP contribution in [0.1, 0.15) is 11.1 Å². The molecule has 2 aromatic rings. The van der Waals surface area contributed by atoms with E-state index in [1.165, 1.54) is 0 Å². The fourth-order valence-corrected chi connectivity index (χ4v) is 2.47. The molecule has 2 heterocycles. The summed E-state index contributed by atoms with van der Waals surface area (Å²) in [5, 5.41) is 9.02. The Morgan fingerprint density at radius 1 is 1.33 bits per heavy atom. The first-order chi connectivity index (χ1) is 11.7. The van der Waals surface area contributed by atoms with Gasteiger partial charge in [0.15, 0.2) is 0 Å². The number of ether oxygens (including phenoxy) is 2. The zero-order valence-corrected chi connectivity index (χ0v) is 13.3. The third-order valence-corrected chi connectivity index (χ3v) is 3.89. The minimum Gasteiger partial charge on any atom is -0.497 e. The number of likely N-dealkylation sites (tertiary alicyclic amines) is 1. The van der Waals surface area contributed by atoms with Crippen LogP contribution in [0.25, 0.3) is 0 Å². The molecule has 122 valence electrons. The lowest BCUT2D eigenvalue weighted by atomic mass is 10.1. The monoisotopic (exact) mass is 323 g/mol. The highest BCUT2D eigenvalue weighted by molar-refractivity contribution is 5.79. The summed E-state index contributed by atoms with van der Waals surface area (Å²) in [5.41, 5.74) is 1.35. The number of carbonyl (C=O) groups is 1. The molecular formula is C18H17N3O3. The summed E-state index contributed by atoms with van der Waals surface area (Å²) in [6.07, 6.45) is 1.82. The summed E-state index contributed by atoms with van der Waals surface area (Å²) < 4.78 is 10.8. The Morgan fingerprint density at radius 3 is 2.75 bits per heavy atom. The van der Waals surface area contributed by atoms with Crippen molar-refractivity contribution in [1.82, 2.24) is 9.88 Å². The number of nitrogens with zero attached hydrogens (tertiary/aromatic N) is 3. The van der Waals surface area contributed by atoms with Crippen molar-refractivity contribution >= 4 is 5.91 Å². The van der Waals surface area contributed by atoms with Gasteiger partial charge in [-0.05, 0) is 29.8 Å². The fraction of sp³-hybridized carbons (Fsp3) is 0.278. The smallest absolute Gasteiger partial charge is 0.232 e. The lowest BCUT2D eigenvalue weighted by molar-refractivity contribution is -0.139. The molecule has 24 heavy (non-hydrogen) atoms. The van der Waals surface area contributed by atoms with Gasteiger partial charge in [0, 0.05) is 6.20 Å². The van der Waals surface area contributed by atoms with Gasteiger partial charge in [0.05, 0.1) is 26.6 Å². The highest BCUT2D eigenvalue weighted by Gasteiger charge is 2.32. The molecular weight excluding hydrogens is 306 g/mol. The summed E-state index contributed by atoms with van der Waals surface area (Å²) in [6.45, 7) is 1.02. The van der Waals surface area contributed by atoms with Crippen LogP contribution >= 0.6 is 0 Å². The topological polar surface area (TPSA) is 75.4 Å². The van der Waals surface area contributed by atoms with E-state index in [4.69, 9.17) is 14.7 Å². The SMILES string of the molecule is COc1ccc(CC(=O)N2CC(Oc3ncccc3C#N)C2)cc1. The number of carbonyl (C=O) groups excluding carboxylic acids is 1. The van der Waals surface area contributed by atoms with Crippen molar-refractivity contribution in [3.63, 3.8) is 0 Å². The van der Waals surface area contributed by atoms with Crippen molar-refractivity contribution in [2.75, 3.05) is 20.2 Å². The summed E-state index contributed by atoms with van der Waals surface area (Å²) in [7, 11) is 1.61. The molecule has 6 nitrogen and oxygen atoms in total. The first-order valence-corrected chi connectivity index (χ1v) is 7.62. The molecule has 3 rings (SSSR count). The minimum absolute atomic E-state index is 0.0570. The Bertz CT molecular complexity index is 762. The number of pyridine rings is 1. The number of hydrogen-bond acceptors (Lipinski definition) is 5. The number of aromatic nitrogens is 1. The number of nitriles is 1. The van der Waals surface area contributed by atoms with Gasteiger partial charge < -0.3 is 14.4 Å². The van der Waals surface area contributed by atoms with Gasteiger partial charge in [0.2, 0.25) is 11.8 Å². The van der Waals surface area contributed by atoms with Crippen molar-refractivity contribution in [3.05, 3.63) is 53.7 Å². The second-order valence-corrected chi connectivity index (χ2v) is 5.53. The molecule has 1 saturated heterocycles. The number of rotatable bonds is 5. The zero-order valence-electron chi connectivity index (χ0n) is 13.3. The number of amides is 1. The summed E-state index contributed by atoms with van der Waals surface area (Å²) in [5.74, 6) is 1.15. The van der Waals surface area contributed by atoms with Gasteiger partial charge in [-0.2, -0.15) is 5.26 Å². The molecule has 6 heteroatoms. The highest BCUT2D eigenvalue weighted by atomic mass is 16.5. The van der Waals surface area contributed by atoms with Gasteiger partial charge in [-0.3, -0.25) is 4.79 Å². The van der Waals surface area contributed by atoms with Crippen LogP contribution in [-0.4, -0.2) is 42.1 Å². The molecule has 0 radical (unpaired) electrons. The molecule has 0 unspecified atom stereocenters. The summed E-state index contributed by atoms with van der Waals surface area (Å²) in [4.78, 5) is 18.0. The van der Waals surface area contributed by atoms with E-state index < -0.39 is 0 Å². The van der Waals surface area contributed by atoms with Gasteiger partial charge in [0.1, 0.15) is 23.5 Å². The number of benzene rings is 1. The molecule has 1 amide bonds. The molecule has 0 atom stereocenters. The van der Waals surface area contributed by atoms with Crippen molar-refractivity contribution in [1.29, 1.82) is 5.26 Å². The molecule has 0 spiro atoms. The predicted octanol–water partition coefficient (Wildman–Crippen LogP) is 1.79. The molecule has 0 bridgehead atoms. The maximum Gasteiger partial charge on any atom is 0.232 e. The lowest BCUT2D eigenvalue weighted by Crippen LogP contribution is -2.56. The second kappa shape index (κ2) is 7.01. The lowest BCUT2D eigenvalue weighted by Gasteiger charge is -2.38. The predicted molar refractivity (Wildman–Crippen MR) is 86.6 cm³/mol. The van der Waals surface area contributed by atoms with E-state index in [1.54, 1.807) is 30.3 Å². The normalized spacial score (nSPS) is 13.8. The minimum atomic E-state index is -0.119. The zero-order chi connectivity index (χ0) is 16.9. The Hall–Kier alpha value is -3.07. The number of methoxy groups -OCH3 is 1. The number of hydrogen-bond donors (Lipinski definition) is 0. The standard InChI is InChI=1S/C18H17N3O3/c1-23-15-6-4-13(5-7-15)9-17(22)21-11-16(12-21)24-18-14(10-19)3-2-8-20-18/h2-8,16H,9,11-12H2,1H3. The van der Waals surface area contributed by atoms with Crippen LogP contribution < -0.4 is 9.47 Å². The molecule has 0 saturated carbocycles. The quantitative estimate of drug-likeness (QED) is 0.838. The van der Waals surface area contributed by atoms with E-state index in [0.717, 1.165) is 11.3 Å². The first kappa shape index (κ1) is 15.8. The van der Waals surface area contributed by atoms with Crippen LogP contribution in [0, 0.1) is 11.3 Å². The summed E-state index contributed by atoms with van der Waals surface area (Å²) >= 11 is 0. The molecule has 1 aromatic heterocycles. The molecule has 0 aliphatic carbocycles.